The molecule has 1 aromatic carbocycles. The fourth-order valence-corrected chi connectivity index (χ4v) is 2.53. The highest BCUT2D eigenvalue weighted by Gasteiger charge is 2.16. The van der Waals surface area contributed by atoms with E-state index in [-0.39, 0.29) is 11.8 Å². The number of carbonyl (C=O) groups is 2. The third-order valence-electron chi connectivity index (χ3n) is 2.85. The number of thiophene rings is 1. The molecule has 0 spiro atoms. The number of anilines is 1. The fraction of sp³-hybridized carbons (Fsp3) is 0.188. The third kappa shape index (κ3) is 4.40. The van der Waals surface area contributed by atoms with Crippen molar-refractivity contribution in [2.75, 3.05) is 12.4 Å². The zero-order valence-corrected chi connectivity index (χ0v) is 13.9. The van der Waals surface area contributed by atoms with E-state index in [0.717, 1.165) is 5.71 Å². The number of hydrogen-bond donors (Lipinski definition) is 2. The average Bonchev–Trinajstić information content (AvgIpc) is 3.00. The zero-order valence-electron chi connectivity index (χ0n) is 13.0. The number of ether oxygens (including phenoxy) is 1. The monoisotopic (exact) mass is 331 g/mol. The Morgan fingerprint density at radius 2 is 1.96 bits per heavy atom. The molecule has 0 unspecified atom stereocenters. The summed E-state index contributed by atoms with van der Waals surface area (Å²) in [6.45, 7) is 3.55. The summed E-state index contributed by atoms with van der Waals surface area (Å²) < 4.78 is 5.10. The Labute approximate surface area is 138 Å². The first-order valence-electron chi connectivity index (χ1n) is 6.85. The summed E-state index contributed by atoms with van der Waals surface area (Å²) in [7, 11) is 1.54. The van der Waals surface area contributed by atoms with Crippen LogP contribution in [0.25, 0.3) is 0 Å². The number of nitrogens with one attached hydrogen (secondary N) is 2. The Hall–Kier alpha value is -2.67. The second-order valence-corrected chi connectivity index (χ2v) is 5.77. The third-order valence-corrected chi connectivity index (χ3v) is 3.68. The highest BCUT2D eigenvalue weighted by atomic mass is 32.1. The van der Waals surface area contributed by atoms with Crippen LogP contribution >= 0.6 is 11.3 Å². The molecule has 2 rings (SSSR count). The van der Waals surface area contributed by atoms with Gasteiger partial charge in [-0.1, -0.05) is 6.07 Å². The highest BCUT2D eigenvalue weighted by molar-refractivity contribution is 7.14. The molecule has 0 atom stereocenters. The lowest BCUT2D eigenvalue weighted by Gasteiger charge is -2.07. The minimum atomic E-state index is -0.367. The predicted molar refractivity (Wildman–Crippen MR) is 91.5 cm³/mol. The van der Waals surface area contributed by atoms with Crippen molar-refractivity contribution in [3.05, 3.63) is 46.8 Å². The maximum Gasteiger partial charge on any atom is 0.274 e. The summed E-state index contributed by atoms with van der Waals surface area (Å²) in [6.07, 6.45) is 0. The second-order valence-electron chi connectivity index (χ2n) is 4.85. The van der Waals surface area contributed by atoms with Crippen LogP contribution in [0, 0.1) is 0 Å². The van der Waals surface area contributed by atoms with E-state index in [1.165, 1.54) is 18.4 Å². The number of hydrogen-bond acceptors (Lipinski definition) is 5. The minimum Gasteiger partial charge on any atom is -0.497 e. The molecule has 2 aromatic rings. The summed E-state index contributed by atoms with van der Waals surface area (Å²) in [5.74, 6) is -0.0847. The molecule has 2 amide bonds. The Bertz CT molecular complexity index is 749. The van der Waals surface area contributed by atoms with Crippen LogP contribution in [0.15, 0.2) is 40.8 Å². The maximum absolute atomic E-state index is 12.3. The molecule has 0 fully saturated rings. The molecule has 2 N–H and O–H groups in total. The smallest absolute Gasteiger partial charge is 0.274 e. The van der Waals surface area contributed by atoms with Crippen molar-refractivity contribution in [3.8, 4) is 5.75 Å². The van der Waals surface area contributed by atoms with E-state index in [4.69, 9.17) is 4.74 Å². The van der Waals surface area contributed by atoms with Crippen molar-refractivity contribution >= 4 is 33.9 Å². The number of carbonyl (C=O) groups excluding carboxylic acids is 2. The topological polar surface area (TPSA) is 79.8 Å². The maximum atomic E-state index is 12.3. The zero-order chi connectivity index (χ0) is 16.8. The van der Waals surface area contributed by atoms with Gasteiger partial charge in [0.25, 0.3) is 11.8 Å². The van der Waals surface area contributed by atoms with Gasteiger partial charge in [-0.25, -0.2) is 5.43 Å². The van der Waals surface area contributed by atoms with E-state index >= 15 is 0 Å². The Morgan fingerprint density at radius 1 is 1.17 bits per heavy atom. The molecule has 0 aliphatic carbocycles. The van der Waals surface area contributed by atoms with E-state index in [0.29, 0.717) is 21.9 Å². The number of rotatable bonds is 5. The Balaban J connectivity index is 2.14. The van der Waals surface area contributed by atoms with Gasteiger partial charge in [-0.3, -0.25) is 9.59 Å². The number of hydrazone groups is 1. The molecule has 120 valence electrons. The van der Waals surface area contributed by atoms with Crippen LogP contribution in [-0.2, 0) is 0 Å². The molecule has 6 nitrogen and oxygen atoms in total. The van der Waals surface area contributed by atoms with Gasteiger partial charge in [0.15, 0.2) is 0 Å². The molecule has 1 aromatic heterocycles. The molecule has 1 heterocycles. The van der Waals surface area contributed by atoms with E-state index in [1.807, 2.05) is 0 Å². The summed E-state index contributed by atoms with van der Waals surface area (Å²) in [4.78, 5) is 24.4. The van der Waals surface area contributed by atoms with Gasteiger partial charge < -0.3 is 10.1 Å². The SMILES string of the molecule is COc1cccc(C(=O)Nc2sccc2C(=O)NN=C(C)C)c1. The molecule has 0 aliphatic heterocycles. The minimum absolute atomic E-state index is 0.310. The lowest BCUT2D eigenvalue weighted by atomic mass is 10.2. The van der Waals surface area contributed by atoms with Crippen LogP contribution in [0.1, 0.15) is 34.6 Å². The van der Waals surface area contributed by atoms with Crippen molar-refractivity contribution in [3.63, 3.8) is 0 Å². The summed E-state index contributed by atoms with van der Waals surface area (Å²) in [5, 5.41) is 8.82. The van der Waals surface area contributed by atoms with Gasteiger partial charge in [-0.05, 0) is 43.5 Å². The summed E-state index contributed by atoms with van der Waals surface area (Å²) in [6, 6.07) is 8.44. The second kappa shape index (κ2) is 7.55. The molecule has 0 saturated carbocycles. The lowest BCUT2D eigenvalue weighted by Crippen LogP contribution is -2.20. The lowest BCUT2D eigenvalue weighted by molar-refractivity contribution is 0.0956. The number of nitrogens with zero attached hydrogens (tertiary/aromatic N) is 1. The average molecular weight is 331 g/mol. The first-order chi connectivity index (χ1) is 11.0. The molecule has 0 bridgehead atoms. The number of amides is 2. The molecular formula is C16H17N3O3S. The van der Waals surface area contributed by atoms with Crippen LogP contribution < -0.4 is 15.5 Å². The fourth-order valence-electron chi connectivity index (χ4n) is 1.75. The predicted octanol–water partition coefficient (Wildman–Crippen LogP) is 3.13. The number of benzene rings is 1. The van der Waals surface area contributed by atoms with Crippen molar-refractivity contribution in [2.24, 2.45) is 5.10 Å². The molecule has 0 saturated heterocycles. The van der Waals surface area contributed by atoms with Crippen molar-refractivity contribution in [1.29, 1.82) is 0 Å². The van der Waals surface area contributed by atoms with Crippen LogP contribution in [-0.4, -0.2) is 24.6 Å². The molecule has 7 heteroatoms. The van der Waals surface area contributed by atoms with Crippen LogP contribution in [0.5, 0.6) is 5.75 Å². The van der Waals surface area contributed by atoms with Gasteiger partial charge in [0.1, 0.15) is 10.8 Å². The van der Waals surface area contributed by atoms with Gasteiger partial charge in [0.2, 0.25) is 0 Å². The molecule has 23 heavy (non-hydrogen) atoms. The van der Waals surface area contributed by atoms with E-state index in [1.54, 1.807) is 49.6 Å². The first-order valence-corrected chi connectivity index (χ1v) is 7.73. The highest BCUT2D eigenvalue weighted by Crippen LogP contribution is 2.24. The Kier molecular flexibility index (Phi) is 5.48. The van der Waals surface area contributed by atoms with E-state index in [2.05, 4.69) is 15.8 Å². The standard InChI is InChI=1S/C16H17N3O3S/c1-10(2)18-19-15(21)13-7-8-23-16(13)17-14(20)11-5-4-6-12(9-11)22-3/h4-9H,1-3H3,(H,17,20)(H,19,21). The first kappa shape index (κ1) is 16.7. The van der Waals surface area contributed by atoms with Crippen molar-refractivity contribution in [2.45, 2.75) is 13.8 Å². The van der Waals surface area contributed by atoms with Crippen molar-refractivity contribution < 1.29 is 14.3 Å². The molecule has 0 aliphatic rings. The Morgan fingerprint density at radius 3 is 2.65 bits per heavy atom. The summed E-state index contributed by atoms with van der Waals surface area (Å²) >= 11 is 1.27. The van der Waals surface area contributed by atoms with Gasteiger partial charge in [-0.15, -0.1) is 11.3 Å². The van der Waals surface area contributed by atoms with Gasteiger partial charge >= 0.3 is 0 Å². The van der Waals surface area contributed by atoms with Crippen molar-refractivity contribution in [1.82, 2.24) is 5.43 Å². The van der Waals surface area contributed by atoms with Gasteiger partial charge in [-0.2, -0.15) is 5.10 Å². The quantitative estimate of drug-likeness (QED) is 0.652. The van der Waals surface area contributed by atoms with Crippen LogP contribution in [0.3, 0.4) is 0 Å². The van der Waals surface area contributed by atoms with Crippen LogP contribution in [0.4, 0.5) is 5.00 Å². The van der Waals surface area contributed by atoms with Gasteiger partial charge in [0, 0.05) is 11.3 Å². The normalized spacial score (nSPS) is 9.87. The van der Waals surface area contributed by atoms with Crippen LogP contribution in [0.2, 0.25) is 0 Å². The van der Waals surface area contributed by atoms with E-state index in [9.17, 15) is 9.59 Å². The summed E-state index contributed by atoms with van der Waals surface area (Å²) in [5.41, 5.74) is 3.99. The molecular weight excluding hydrogens is 314 g/mol. The van der Waals surface area contributed by atoms with E-state index < -0.39 is 0 Å². The van der Waals surface area contributed by atoms with Gasteiger partial charge in [0.05, 0.1) is 12.7 Å². The molecule has 0 radical (unpaired) electrons. The largest absolute Gasteiger partial charge is 0.497 e. The number of methoxy groups -OCH3 is 1.